The molecule has 0 spiro atoms. The molecule has 1 unspecified atom stereocenters. The van der Waals surface area contributed by atoms with Crippen LogP contribution >= 0.6 is 0 Å². The normalized spacial score (nSPS) is 12.2. The number of nitrogens with one attached hydrogen (secondary N) is 1. The fourth-order valence-electron chi connectivity index (χ4n) is 3.31. The zero-order valence-corrected chi connectivity index (χ0v) is 17.0. The number of carbonyl (C=O) groups excluding carboxylic acids is 1. The van der Waals surface area contributed by atoms with Gasteiger partial charge in [0.15, 0.2) is 0 Å². The Morgan fingerprint density at radius 1 is 1.10 bits per heavy atom. The SMILES string of the molecule is CCN(CC)C(CNC(=O)CCCc1nnc(-c2ccccc2)o1)c1ccco1. The maximum absolute atomic E-state index is 12.3. The van der Waals surface area contributed by atoms with Gasteiger partial charge in [-0.05, 0) is 43.8 Å². The number of carbonyl (C=O) groups is 1. The van der Waals surface area contributed by atoms with Gasteiger partial charge in [-0.2, -0.15) is 0 Å². The molecule has 1 N–H and O–H groups in total. The summed E-state index contributed by atoms with van der Waals surface area (Å²) >= 11 is 0. The summed E-state index contributed by atoms with van der Waals surface area (Å²) in [5.74, 6) is 1.93. The Morgan fingerprint density at radius 2 is 1.90 bits per heavy atom. The lowest BCUT2D eigenvalue weighted by molar-refractivity contribution is -0.121. The van der Waals surface area contributed by atoms with E-state index in [0.29, 0.717) is 37.6 Å². The van der Waals surface area contributed by atoms with E-state index in [1.165, 1.54) is 0 Å². The summed E-state index contributed by atoms with van der Waals surface area (Å²) < 4.78 is 11.3. The number of likely N-dealkylation sites (N-methyl/N-ethyl adjacent to an activating group) is 1. The summed E-state index contributed by atoms with van der Waals surface area (Å²) in [5.41, 5.74) is 0.893. The highest BCUT2D eigenvalue weighted by Crippen LogP contribution is 2.20. The van der Waals surface area contributed by atoms with Crippen molar-refractivity contribution >= 4 is 5.91 Å². The highest BCUT2D eigenvalue weighted by molar-refractivity contribution is 5.75. The zero-order valence-electron chi connectivity index (χ0n) is 17.0. The molecule has 0 bridgehead atoms. The molecule has 1 aromatic carbocycles. The molecule has 3 aromatic rings. The Morgan fingerprint density at radius 3 is 2.59 bits per heavy atom. The third-order valence-electron chi connectivity index (χ3n) is 4.90. The van der Waals surface area contributed by atoms with Crippen LogP contribution in [0.2, 0.25) is 0 Å². The summed E-state index contributed by atoms with van der Waals surface area (Å²) in [6.07, 6.45) is 3.30. The van der Waals surface area contributed by atoms with E-state index in [1.54, 1.807) is 6.26 Å². The van der Waals surface area contributed by atoms with Gasteiger partial charge in [0.05, 0.1) is 12.3 Å². The molecule has 0 fully saturated rings. The van der Waals surface area contributed by atoms with E-state index in [1.807, 2.05) is 42.5 Å². The van der Waals surface area contributed by atoms with Gasteiger partial charge in [-0.15, -0.1) is 10.2 Å². The number of rotatable bonds is 11. The molecule has 2 heterocycles. The fourth-order valence-corrected chi connectivity index (χ4v) is 3.31. The van der Waals surface area contributed by atoms with Crippen molar-refractivity contribution in [2.75, 3.05) is 19.6 Å². The minimum Gasteiger partial charge on any atom is -0.468 e. The van der Waals surface area contributed by atoms with Crippen LogP contribution in [0.25, 0.3) is 11.5 Å². The summed E-state index contributed by atoms with van der Waals surface area (Å²) in [6.45, 7) is 6.51. The van der Waals surface area contributed by atoms with Gasteiger partial charge < -0.3 is 14.2 Å². The van der Waals surface area contributed by atoms with E-state index in [4.69, 9.17) is 8.83 Å². The first-order chi connectivity index (χ1) is 14.2. The molecule has 1 atom stereocenters. The van der Waals surface area contributed by atoms with Crippen LogP contribution in [0.4, 0.5) is 0 Å². The van der Waals surface area contributed by atoms with Gasteiger partial charge >= 0.3 is 0 Å². The van der Waals surface area contributed by atoms with Crippen LogP contribution in [0.1, 0.15) is 44.4 Å². The second-order valence-electron chi connectivity index (χ2n) is 6.78. The summed E-state index contributed by atoms with van der Waals surface area (Å²) in [7, 11) is 0. The predicted molar refractivity (Wildman–Crippen MR) is 110 cm³/mol. The summed E-state index contributed by atoms with van der Waals surface area (Å²) in [6, 6.07) is 13.5. The molecule has 3 rings (SSSR count). The van der Waals surface area contributed by atoms with Crippen molar-refractivity contribution in [1.82, 2.24) is 20.4 Å². The number of hydrogen-bond donors (Lipinski definition) is 1. The predicted octanol–water partition coefficient (Wildman–Crippen LogP) is 3.85. The Kier molecular flexibility index (Phi) is 7.58. The van der Waals surface area contributed by atoms with Crippen LogP contribution in [0, 0.1) is 0 Å². The Hall–Kier alpha value is -2.93. The minimum absolute atomic E-state index is 0.0107. The van der Waals surface area contributed by atoms with Crippen molar-refractivity contribution in [3.8, 4) is 11.5 Å². The number of nitrogens with zero attached hydrogens (tertiary/aromatic N) is 3. The van der Waals surface area contributed by atoms with Crippen molar-refractivity contribution in [2.24, 2.45) is 0 Å². The van der Waals surface area contributed by atoms with Crippen LogP contribution in [-0.4, -0.2) is 40.6 Å². The Bertz CT molecular complexity index is 857. The molecule has 0 saturated carbocycles. The molecule has 1 amide bonds. The topological polar surface area (TPSA) is 84.4 Å². The van der Waals surface area contributed by atoms with E-state index >= 15 is 0 Å². The summed E-state index contributed by atoms with van der Waals surface area (Å²) in [4.78, 5) is 14.6. The lowest BCUT2D eigenvalue weighted by Gasteiger charge is -2.28. The zero-order chi connectivity index (χ0) is 20.5. The molecule has 0 aliphatic heterocycles. The third-order valence-corrected chi connectivity index (χ3v) is 4.90. The van der Waals surface area contributed by atoms with E-state index in [0.717, 1.165) is 24.4 Å². The number of hydrogen-bond acceptors (Lipinski definition) is 6. The molecular weight excluding hydrogens is 368 g/mol. The van der Waals surface area contributed by atoms with E-state index in [9.17, 15) is 4.79 Å². The highest BCUT2D eigenvalue weighted by atomic mass is 16.4. The number of amides is 1. The lowest BCUT2D eigenvalue weighted by Crippen LogP contribution is -2.37. The van der Waals surface area contributed by atoms with Crippen molar-refractivity contribution < 1.29 is 13.6 Å². The molecule has 7 nitrogen and oxygen atoms in total. The van der Waals surface area contributed by atoms with Gasteiger partial charge in [0.2, 0.25) is 17.7 Å². The smallest absolute Gasteiger partial charge is 0.247 e. The fraction of sp³-hybridized carbons (Fsp3) is 0.409. The summed E-state index contributed by atoms with van der Waals surface area (Å²) in [5, 5.41) is 11.2. The maximum atomic E-state index is 12.3. The van der Waals surface area contributed by atoms with Crippen molar-refractivity contribution in [3.63, 3.8) is 0 Å². The van der Waals surface area contributed by atoms with E-state index < -0.39 is 0 Å². The van der Waals surface area contributed by atoms with E-state index in [2.05, 4.69) is 34.3 Å². The molecule has 0 aliphatic rings. The maximum Gasteiger partial charge on any atom is 0.247 e. The first-order valence-electron chi connectivity index (χ1n) is 10.1. The Labute approximate surface area is 171 Å². The second kappa shape index (κ2) is 10.6. The van der Waals surface area contributed by atoms with Gasteiger partial charge in [-0.25, -0.2) is 0 Å². The van der Waals surface area contributed by atoms with Gasteiger partial charge in [0.1, 0.15) is 5.76 Å². The first kappa shape index (κ1) is 20.8. The van der Waals surface area contributed by atoms with Crippen molar-refractivity contribution in [3.05, 3.63) is 60.4 Å². The number of aryl methyl sites for hydroxylation is 1. The van der Waals surface area contributed by atoms with Crippen LogP contribution in [0.5, 0.6) is 0 Å². The lowest BCUT2D eigenvalue weighted by atomic mass is 10.1. The van der Waals surface area contributed by atoms with Crippen molar-refractivity contribution in [1.29, 1.82) is 0 Å². The van der Waals surface area contributed by atoms with Crippen molar-refractivity contribution in [2.45, 2.75) is 39.2 Å². The molecule has 7 heteroatoms. The quantitative estimate of drug-likeness (QED) is 0.530. The van der Waals surface area contributed by atoms with Gasteiger partial charge in [-0.1, -0.05) is 32.0 Å². The molecule has 0 aliphatic carbocycles. The average Bonchev–Trinajstić information content (AvgIpc) is 3.44. The van der Waals surface area contributed by atoms with Crippen LogP contribution in [-0.2, 0) is 11.2 Å². The molecule has 154 valence electrons. The minimum atomic E-state index is 0.0107. The number of benzene rings is 1. The Balaban J connectivity index is 1.45. The molecular formula is C22H28N4O3. The monoisotopic (exact) mass is 396 g/mol. The van der Waals surface area contributed by atoms with Crippen LogP contribution in [0.3, 0.4) is 0 Å². The second-order valence-corrected chi connectivity index (χ2v) is 6.78. The molecule has 2 aromatic heterocycles. The highest BCUT2D eigenvalue weighted by Gasteiger charge is 2.21. The largest absolute Gasteiger partial charge is 0.468 e. The average molecular weight is 396 g/mol. The van der Waals surface area contributed by atoms with Crippen LogP contribution in [0.15, 0.2) is 57.6 Å². The van der Waals surface area contributed by atoms with Gasteiger partial charge in [0.25, 0.3) is 0 Å². The number of aromatic nitrogens is 2. The third kappa shape index (κ3) is 5.77. The molecule has 0 radical (unpaired) electrons. The van der Waals surface area contributed by atoms with Gasteiger partial charge in [-0.3, -0.25) is 9.69 Å². The van der Waals surface area contributed by atoms with Gasteiger partial charge in [0, 0.05) is 24.9 Å². The first-order valence-corrected chi connectivity index (χ1v) is 10.1. The standard InChI is InChI=1S/C22H28N4O3/c1-3-26(4-2)18(19-12-9-15-28-19)16-23-20(27)13-8-14-21-24-25-22(29-21)17-10-6-5-7-11-17/h5-7,9-12,15,18H,3-4,8,13-14,16H2,1-2H3,(H,23,27). The van der Waals surface area contributed by atoms with Crippen LogP contribution < -0.4 is 5.32 Å². The molecule has 29 heavy (non-hydrogen) atoms. The number of furan rings is 1. The van der Waals surface area contributed by atoms with E-state index in [-0.39, 0.29) is 11.9 Å². The molecule has 0 saturated heterocycles.